The predicted molar refractivity (Wildman–Crippen MR) is 134 cm³/mol. The molecule has 0 aliphatic rings. The van der Waals surface area contributed by atoms with Crippen molar-refractivity contribution < 1.29 is 33.3 Å². The van der Waals surface area contributed by atoms with Crippen molar-refractivity contribution in [3.63, 3.8) is 0 Å². The molecule has 1 amide bonds. The van der Waals surface area contributed by atoms with E-state index in [-0.39, 0.29) is 33.7 Å². The van der Waals surface area contributed by atoms with E-state index in [0.29, 0.717) is 22.4 Å². The number of methoxy groups -OCH3 is 3. The monoisotopic (exact) mass is 489 g/mol. The van der Waals surface area contributed by atoms with E-state index >= 15 is 0 Å². The molecule has 0 atom stereocenters. The molecule has 36 heavy (non-hydrogen) atoms. The molecule has 0 spiro atoms. The number of rotatable bonds is 7. The summed E-state index contributed by atoms with van der Waals surface area (Å²) in [5.74, 6) is -0.439. The van der Waals surface area contributed by atoms with Crippen LogP contribution in [-0.4, -0.2) is 38.3 Å². The summed E-state index contributed by atoms with van der Waals surface area (Å²) in [6, 6.07) is 15.1. The van der Waals surface area contributed by atoms with Crippen LogP contribution in [0.2, 0.25) is 0 Å². The minimum Gasteiger partial charge on any atom is -0.497 e. The molecule has 9 nitrogen and oxygen atoms in total. The second kappa shape index (κ2) is 9.83. The molecule has 3 aromatic carbocycles. The zero-order valence-corrected chi connectivity index (χ0v) is 20.0. The molecule has 0 radical (unpaired) electrons. The van der Waals surface area contributed by atoms with Crippen LogP contribution in [0.25, 0.3) is 22.1 Å². The average molecular weight is 489 g/mol. The quantitative estimate of drug-likeness (QED) is 0.357. The van der Waals surface area contributed by atoms with Gasteiger partial charge in [-0.3, -0.25) is 4.79 Å². The number of aromatic carboxylic acids is 1. The van der Waals surface area contributed by atoms with E-state index in [0.717, 1.165) is 5.56 Å². The highest BCUT2D eigenvalue weighted by Crippen LogP contribution is 2.34. The first-order chi connectivity index (χ1) is 17.3. The van der Waals surface area contributed by atoms with Crippen LogP contribution in [-0.2, 0) is 0 Å². The summed E-state index contributed by atoms with van der Waals surface area (Å²) < 4.78 is 21.3. The Morgan fingerprint density at radius 2 is 1.67 bits per heavy atom. The van der Waals surface area contributed by atoms with Crippen molar-refractivity contribution in [3.8, 4) is 28.4 Å². The molecule has 0 aliphatic carbocycles. The van der Waals surface area contributed by atoms with E-state index in [2.05, 4.69) is 5.32 Å². The Morgan fingerprint density at radius 3 is 2.33 bits per heavy atom. The van der Waals surface area contributed by atoms with Crippen LogP contribution in [0.15, 0.2) is 63.8 Å². The van der Waals surface area contributed by atoms with Gasteiger partial charge in [0.2, 0.25) is 0 Å². The largest absolute Gasteiger partial charge is 0.497 e. The highest BCUT2D eigenvalue weighted by molar-refractivity contribution is 6.06. The van der Waals surface area contributed by atoms with Crippen molar-refractivity contribution >= 4 is 28.5 Å². The molecular weight excluding hydrogens is 466 g/mol. The fraction of sp³-hybridized carbons (Fsp3) is 0.148. The lowest BCUT2D eigenvalue weighted by Gasteiger charge is -2.13. The van der Waals surface area contributed by atoms with Crippen LogP contribution in [0.3, 0.4) is 0 Å². The summed E-state index contributed by atoms with van der Waals surface area (Å²) in [7, 11) is 4.44. The molecule has 2 N–H and O–H groups in total. The van der Waals surface area contributed by atoms with Gasteiger partial charge in [0.15, 0.2) is 0 Å². The van der Waals surface area contributed by atoms with Gasteiger partial charge >= 0.3 is 11.6 Å². The Hall–Kier alpha value is -4.79. The molecule has 0 bridgehead atoms. The summed E-state index contributed by atoms with van der Waals surface area (Å²) in [6.45, 7) is 1.52. The van der Waals surface area contributed by atoms with Gasteiger partial charge in [-0.15, -0.1) is 0 Å². The normalized spacial score (nSPS) is 10.7. The SMILES string of the molecule is COc1cccc(-c2cc(C(=O)Nc3cc4cc(OC)c(C(=O)O)c(C)c4oc3=O)ccc2OC)c1. The van der Waals surface area contributed by atoms with Gasteiger partial charge in [-0.25, -0.2) is 9.59 Å². The van der Waals surface area contributed by atoms with Gasteiger partial charge in [0.05, 0.1) is 21.3 Å². The van der Waals surface area contributed by atoms with Gasteiger partial charge in [0.25, 0.3) is 5.91 Å². The van der Waals surface area contributed by atoms with Crippen molar-refractivity contribution in [2.24, 2.45) is 0 Å². The molecule has 0 unspecified atom stereocenters. The average Bonchev–Trinajstić information content (AvgIpc) is 2.88. The number of carboxylic acids is 1. The molecule has 1 aromatic heterocycles. The lowest BCUT2D eigenvalue weighted by molar-refractivity contribution is 0.0692. The summed E-state index contributed by atoms with van der Waals surface area (Å²) >= 11 is 0. The lowest BCUT2D eigenvalue weighted by atomic mass is 10.0. The van der Waals surface area contributed by atoms with Crippen LogP contribution in [0.1, 0.15) is 26.3 Å². The van der Waals surface area contributed by atoms with Crippen molar-refractivity contribution in [2.75, 3.05) is 26.6 Å². The molecule has 4 aromatic rings. The number of amides is 1. The minimum atomic E-state index is -1.21. The second-order valence-corrected chi connectivity index (χ2v) is 7.85. The van der Waals surface area contributed by atoms with E-state index in [1.165, 1.54) is 33.3 Å². The number of carbonyl (C=O) groups is 2. The standard InChI is InChI=1S/C27H23NO8/c1-14-23(26(30)31)22(35-4)13-17-12-20(27(32)36-24(14)17)28-25(29)16-8-9-21(34-3)19(11-16)15-6-5-7-18(10-15)33-2/h5-13H,1-4H3,(H,28,29)(H,30,31). The van der Waals surface area contributed by atoms with Gasteiger partial charge in [-0.05, 0) is 55.0 Å². The summed E-state index contributed by atoms with van der Waals surface area (Å²) in [5, 5.41) is 12.5. The van der Waals surface area contributed by atoms with Crippen molar-refractivity contribution in [2.45, 2.75) is 6.92 Å². The Bertz CT molecular complexity index is 1550. The van der Waals surface area contributed by atoms with Gasteiger partial charge in [0, 0.05) is 22.1 Å². The lowest BCUT2D eigenvalue weighted by Crippen LogP contribution is -2.18. The highest BCUT2D eigenvalue weighted by atomic mass is 16.5. The van der Waals surface area contributed by atoms with Crippen LogP contribution in [0, 0.1) is 6.92 Å². The molecule has 0 saturated heterocycles. The number of fused-ring (bicyclic) bond motifs is 1. The molecule has 0 aliphatic heterocycles. The zero-order chi connectivity index (χ0) is 26.0. The number of nitrogens with one attached hydrogen (secondary N) is 1. The van der Waals surface area contributed by atoms with Crippen molar-refractivity contribution in [1.29, 1.82) is 0 Å². The summed E-state index contributed by atoms with van der Waals surface area (Å²) in [5.41, 5.74) is 1.04. The van der Waals surface area contributed by atoms with Crippen molar-refractivity contribution in [1.82, 2.24) is 0 Å². The van der Waals surface area contributed by atoms with E-state index < -0.39 is 17.5 Å². The maximum absolute atomic E-state index is 13.1. The van der Waals surface area contributed by atoms with Crippen LogP contribution in [0.4, 0.5) is 5.69 Å². The maximum atomic E-state index is 13.1. The smallest absolute Gasteiger partial charge is 0.360 e. The van der Waals surface area contributed by atoms with Gasteiger partial charge in [0.1, 0.15) is 34.1 Å². The number of anilines is 1. The third-order valence-corrected chi connectivity index (χ3v) is 5.75. The van der Waals surface area contributed by atoms with Gasteiger partial charge in [-0.2, -0.15) is 0 Å². The Balaban J connectivity index is 1.73. The number of aryl methyl sites for hydroxylation is 1. The van der Waals surface area contributed by atoms with E-state index in [9.17, 15) is 19.5 Å². The number of ether oxygens (including phenoxy) is 3. The third kappa shape index (κ3) is 4.46. The fourth-order valence-electron chi connectivity index (χ4n) is 3.97. The van der Waals surface area contributed by atoms with Gasteiger partial charge < -0.3 is 29.1 Å². The first kappa shape index (κ1) is 24.3. The number of benzene rings is 3. The second-order valence-electron chi connectivity index (χ2n) is 7.85. The molecule has 0 saturated carbocycles. The molecule has 184 valence electrons. The van der Waals surface area contributed by atoms with Gasteiger partial charge in [-0.1, -0.05) is 12.1 Å². The highest BCUT2D eigenvalue weighted by Gasteiger charge is 2.21. The van der Waals surface area contributed by atoms with Crippen LogP contribution < -0.4 is 25.2 Å². The van der Waals surface area contributed by atoms with Crippen LogP contribution in [0.5, 0.6) is 17.2 Å². The molecule has 9 heteroatoms. The maximum Gasteiger partial charge on any atom is 0.360 e. The molecule has 1 heterocycles. The van der Waals surface area contributed by atoms with E-state index in [1.807, 2.05) is 24.3 Å². The summed E-state index contributed by atoms with van der Waals surface area (Å²) in [6.07, 6.45) is 0. The number of carboxylic acid groups (broad SMARTS) is 1. The zero-order valence-electron chi connectivity index (χ0n) is 20.0. The number of carbonyl (C=O) groups excluding carboxylic acids is 1. The Morgan fingerprint density at radius 1 is 0.917 bits per heavy atom. The Kier molecular flexibility index (Phi) is 6.64. The first-order valence-electron chi connectivity index (χ1n) is 10.8. The molecular formula is C27H23NO8. The Labute approximate surface area is 205 Å². The molecule has 4 rings (SSSR count). The number of hydrogen-bond acceptors (Lipinski definition) is 7. The van der Waals surface area contributed by atoms with E-state index in [1.54, 1.807) is 25.3 Å². The summed E-state index contributed by atoms with van der Waals surface area (Å²) in [4.78, 5) is 37.4. The minimum absolute atomic E-state index is 0.0981. The topological polar surface area (TPSA) is 124 Å². The predicted octanol–water partition coefficient (Wildman–Crippen LogP) is 4.74. The van der Waals surface area contributed by atoms with Crippen LogP contribution >= 0.6 is 0 Å². The van der Waals surface area contributed by atoms with Crippen molar-refractivity contribution in [3.05, 3.63) is 81.7 Å². The third-order valence-electron chi connectivity index (χ3n) is 5.75. The fourth-order valence-corrected chi connectivity index (χ4v) is 3.97. The number of hydrogen-bond donors (Lipinski definition) is 2. The molecule has 0 fully saturated rings. The van der Waals surface area contributed by atoms with E-state index in [4.69, 9.17) is 18.6 Å². The first-order valence-corrected chi connectivity index (χ1v) is 10.8.